The van der Waals surface area contributed by atoms with Crippen LogP contribution in [-0.2, 0) is 6.42 Å². The molecule has 0 aliphatic heterocycles. The molecule has 0 unspecified atom stereocenters. The van der Waals surface area contributed by atoms with Gasteiger partial charge in [0.2, 0.25) is 0 Å². The second kappa shape index (κ2) is 12.8. The predicted molar refractivity (Wildman–Crippen MR) is 131 cm³/mol. The van der Waals surface area contributed by atoms with Gasteiger partial charge in [0.05, 0.1) is 0 Å². The van der Waals surface area contributed by atoms with Gasteiger partial charge in [-0.25, -0.2) is 9.97 Å². The Kier molecular flexibility index (Phi) is 9.83. The molecule has 2 rings (SSSR count). The summed E-state index contributed by atoms with van der Waals surface area (Å²) in [4.78, 5) is 31.8. The summed E-state index contributed by atoms with van der Waals surface area (Å²) < 4.78 is 0. The summed E-state index contributed by atoms with van der Waals surface area (Å²) in [5, 5.41) is 25.2. The fourth-order valence-electron chi connectivity index (χ4n) is 2.79. The maximum atomic E-state index is 12.2. The average molecular weight is 490 g/mol. The molecular weight excluding hydrogens is 462 g/mol. The lowest BCUT2D eigenvalue weighted by atomic mass is 10.1. The molecule has 2 amide bonds. The maximum Gasteiger partial charge on any atom is 0.280 e. The normalized spacial score (nSPS) is 10.3. The third kappa shape index (κ3) is 8.43. The number of halogens is 1. The third-order valence-corrected chi connectivity index (χ3v) is 4.77. The zero-order valence-electron chi connectivity index (χ0n) is 18.4. The summed E-state index contributed by atoms with van der Waals surface area (Å²) in [6, 6.07) is 7.29. The zero-order valence-corrected chi connectivity index (χ0v) is 19.1. The van der Waals surface area contributed by atoms with Crippen molar-refractivity contribution in [3.8, 4) is 0 Å². The zero-order chi connectivity index (χ0) is 25.1. The van der Waals surface area contributed by atoms with Crippen LogP contribution in [0.25, 0.3) is 0 Å². The molecule has 0 atom stereocenters. The molecule has 1 heterocycles. The number of benzene rings is 1. The molecule has 1 aromatic carbocycles. The number of nitrogens with two attached hydrogens (primary N) is 3. The molecule has 0 bridgehead atoms. The number of guanidine groups is 2. The van der Waals surface area contributed by atoms with E-state index in [0.717, 1.165) is 24.8 Å². The highest BCUT2D eigenvalue weighted by Crippen LogP contribution is 2.17. The second-order valence-electron chi connectivity index (χ2n) is 7.14. The van der Waals surface area contributed by atoms with Crippen LogP contribution in [0.2, 0.25) is 5.15 Å². The number of nitrogens with zero attached hydrogens (tertiary/aromatic N) is 2. The van der Waals surface area contributed by atoms with E-state index in [1.165, 1.54) is 0 Å². The monoisotopic (exact) mass is 489 g/mol. The molecule has 0 radical (unpaired) electrons. The van der Waals surface area contributed by atoms with Crippen molar-refractivity contribution in [3.05, 3.63) is 46.2 Å². The number of hydrogen-bond acceptors (Lipinski definition) is 8. The topological polar surface area (TPSA) is 234 Å². The van der Waals surface area contributed by atoms with E-state index in [0.29, 0.717) is 25.2 Å². The Morgan fingerprint density at radius 3 is 2.24 bits per heavy atom. The van der Waals surface area contributed by atoms with Crippen molar-refractivity contribution in [2.45, 2.75) is 19.3 Å². The van der Waals surface area contributed by atoms with Crippen LogP contribution in [0.15, 0.2) is 24.3 Å². The highest BCUT2D eigenvalue weighted by Gasteiger charge is 2.17. The van der Waals surface area contributed by atoms with Crippen LogP contribution in [0.4, 0.5) is 11.6 Å². The first kappa shape index (κ1) is 26.1. The Bertz CT molecular complexity index is 1040. The molecule has 0 aliphatic rings. The van der Waals surface area contributed by atoms with Gasteiger partial charge >= 0.3 is 0 Å². The molecule has 0 fully saturated rings. The molecule has 182 valence electrons. The molecule has 0 saturated carbocycles. The lowest BCUT2D eigenvalue weighted by Gasteiger charge is -2.10. The Hall–Kier alpha value is -4.13. The number of amides is 2. The van der Waals surface area contributed by atoms with Crippen LogP contribution in [-0.4, -0.2) is 53.3 Å². The van der Waals surface area contributed by atoms with Gasteiger partial charge in [0.1, 0.15) is 0 Å². The molecule has 13 nitrogen and oxygen atoms in total. The number of nitrogen functional groups attached to an aromatic ring is 2. The fourth-order valence-corrected chi connectivity index (χ4v) is 2.92. The van der Waals surface area contributed by atoms with Gasteiger partial charge < -0.3 is 33.2 Å². The SMILES string of the molecule is N=C(N)NCCNC(=O)c1ccc(CCCCNC(=N)NC(=O)c2nc(Cl)c(N)nc2N)cc1. The van der Waals surface area contributed by atoms with Crippen molar-refractivity contribution in [3.63, 3.8) is 0 Å². The standard InChI is InChI=1S/C20H28ClN11O2/c21-14-16(23)31-15(22)13(30-14)18(34)32-20(26)29-8-2-1-3-11-4-6-12(7-5-11)17(33)27-9-10-28-19(24)25/h4-7H,1-3,8-10H2,(H,27,33)(H4,22,23,31)(H4,24,25,28)(H3,26,29,32,34). The van der Waals surface area contributed by atoms with Gasteiger partial charge in [-0.15, -0.1) is 0 Å². The van der Waals surface area contributed by atoms with Gasteiger partial charge in [-0.3, -0.25) is 25.7 Å². The number of rotatable bonds is 10. The lowest BCUT2D eigenvalue weighted by Crippen LogP contribution is -2.41. The predicted octanol–water partition coefficient (Wildman–Crippen LogP) is -0.216. The number of anilines is 2. The van der Waals surface area contributed by atoms with Crippen LogP contribution in [0.5, 0.6) is 0 Å². The van der Waals surface area contributed by atoms with E-state index in [1.54, 1.807) is 12.1 Å². The first-order valence-corrected chi connectivity index (χ1v) is 10.7. The summed E-state index contributed by atoms with van der Waals surface area (Å²) in [6.45, 7) is 1.21. The van der Waals surface area contributed by atoms with Crippen molar-refractivity contribution < 1.29 is 9.59 Å². The van der Waals surface area contributed by atoms with Crippen molar-refractivity contribution in [1.82, 2.24) is 31.2 Å². The van der Waals surface area contributed by atoms with Crippen molar-refractivity contribution >= 4 is 47.0 Å². The number of unbranched alkanes of at least 4 members (excludes halogenated alkanes) is 1. The summed E-state index contributed by atoms with van der Waals surface area (Å²) in [5.41, 5.74) is 17.7. The number of carbonyl (C=O) groups is 2. The highest BCUT2D eigenvalue weighted by molar-refractivity contribution is 6.31. The third-order valence-electron chi connectivity index (χ3n) is 4.49. The quantitative estimate of drug-likeness (QED) is 0.122. The van der Waals surface area contributed by atoms with Gasteiger partial charge in [0.25, 0.3) is 11.8 Å². The van der Waals surface area contributed by atoms with Crippen LogP contribution < -0.4 is 38.5 Å². The van der Waals surface area contributed by atoms with Gasteiger partial charge in [0.15, 0.2) is 34.4 Å². The summed E-state index contributed by atoms with van der Waals surface area (Å²) in [7, 11) is 0. The number of aryl methyl sites for hydroxylation is 1. The van der Waals surface area contributed by atoms with Crippen molar-refractivity contribution in [2.24, 2.45) is 5.73 Å². The van der Waals surface area contributed by atoms with E-state index in [2.05, 4.69) is 31.2 Å². The van der Waals surface area contributed by atoms with Crippen LogP contribution in [0.3, 0.4) is 0 Å². The van der Waals surface area contributed by atoms with E-state index in [1.807, 2.05) is 12.1 Å². The highest BCUT2D eigenvalue weighted by atomic mass is 35.5. The molecule has 0 aliphatic carbocycles. The fraction of sp³-hybridized carbons (Fsp3) is 0.300. The van der Waals surface area contributed by atoms with Crippen molar-refractivity contribution in [2.75, 3.05) is 31.1 Å². The smallest absolute Gasteiger partial charge is 0.280 e. The number of hydrogen-bond donors (Lipinski definition) is 9. The second-order valence-corrected chi connectivity index (χ2v) is 7.50. The Morgan fingerprint density at radius 2 is 1.56 bits per heavy atom. The number of aromatic nitrogens is 2. The molecule has 34 heavy (non-hydrogen) atoms. The largest absolute Gasteiger partial charge is 0.382 e. The van der Waals surface area contributed by atoms with Gasteiger partial charge in [0, 0.05) is 25.2 Å². The summed E-state index contributed by atoms with van der Waals surface area (Å²) in [5.74, 6) is -1.52. The van der Waals surface area contributed by atoms with Gasteiger partial charge in [-0.05, 0) is 37.0 Å². The number of carbonyl (C=O) groups excluding carboxylic acids is 2. The molecule has 14 heteroatoms. The summed E-state index contributed by atoms with van der Waals surface area (Å²) in [6.07, 6.45) is 2.38. The maximum absolute atomic E-state index is 12.2. The van der Waals surface area contributed by atoms with Gasteiger partial charge in [-0.2, -0.15) is 0 Å². The molecular formula is C20H28ClN11O2. The Labute approximate surface area is 201 Å². The van der Waals surface area contributed by atoms with Crippen LogP contribution >= 0.6 is 11.6 Å². The first-order valence-electron chi connectivity index (χ1n) is 10.3. The van der Waals surface area contributed by atoms with Crippen molar-refractivity contribution in [1.29, 1.82) is 10.8 Å². The van der Waals surface area contributed by atoms with Crippen LogP contribution in [0, 0.1) is 10.8 Å². The van der Waals surface area contributed by atoms with E-state index < -0.39 is 5.91 Å². The van der Waals surface area contributed by atoms with E-state index in [9.17, 15) is 9.59 Å². The minimum absolute atomic E-state index is 0.0828. The van der Waals surface area contributed by atoms with Crippen LogP contribution in [0.1, 0.15) is 39.3 Å². The molecule has 0 spiro atoms. The molecule has 2 aromatic rings. The Morgan fingerprint density at radius 1 is 0.882 bits per heavy atom. The minimum Gasteiger partial charge on any atom is -0.382 e. The summed E-state index contributed by atoms with van der Waals surface area (Å²) >= 11 is 5.76. The Balaban J connectivity index is 1.66. The van der Waals surface area contributed by atoms with E-state index >= 15 is 0 Å². The minimum atomic E-state index is -0.719. The lowest BCUT2D eigenvalue weighted by molar-refractivity contribution is 0.0951. The molecule has 1 aromatic heterocycles. The molecule has 0 saturated heterocycles. The molecule has 12 N–H and O–H groups in total. The van der Waals surface area contributed by atoms with E-state index in [-0.39, 0.29) is 40.3 Å². The average Bonchev–Trinajstić information content (AvgIpc) is 2.79. The van der Waals surface area contributed by atoms with Gasteiger partial charge in [-0.1, -0.05) is 23.7 Å². The first-order chi connectivity index (χ1) is 16.2. The number of nitrogens with one attached hydrogen (secondary N) is 6. The van der Waals surface area contributed by atoms with E-state index in [4.69, 9.17) is 39.6 Å².